The number of piperidine rings is 2. The summed E-state index contributed by atoms with van der Waals surface area (Å²) in [4.78, 5) is 0. The third-order valence-corrected chi connectivity index (χ3v) is 7.37. The van der Waals surface area contributed by atoms with Crippen molar-refractivity contribution in [2.45, 2.75) is 52.0 Å². The van der Waals surface area contributed by atoms with Crippen LogP contribution in [-0.2, 0) is 16.6 Å². The molecule has 4 nitrogen and oxygen atoms in total. The molecule has 2 heterocycles. The number of hydrogen-bond acceptors (Lipinski definition) is 2. The minimum atomic E-state index is -3.35. The maximum atomic E-state index is 13.3. The summed E-state index contributed by atoms with van der Waals surface area (Å²) in [6, 6.07) is 10.4. The van der Waals surface area contributed by atoms with Gasteiger partial charge in [-0.25, -0.2) is 0 Å². The minimum absolute atomic E-state index is 0.0960. The quantitative estimate of drug-likeness (QED) is 0.836. The summed E-state index contributed by atoms with van der Waals surface area (Å²) in [5.74, 6) is 0.891. The van der Waals surface area contributed by atoms with E-state index in [1.807, 2.05) is 18.2 Å². The molecule has 0 saturated carbocycles. The van der Waals surface area contributed by atoms with Crippen molar-refractivity contribution in [2.75, 3.05) is 19.6 Å². The predicted molar refractivity (Wildman–Crippen MR) is 97.9 cm³/mol. The second kappa shape index (κ2) is 7.54. The van der Waals surface area contributed by atoms with E-state index >= 15 is 0 Å². The van der Waals surface area contributed by atoms with Gasteiger partial charge in [-0.15, -0.1) is 0 Å². The van der Waals surface area contributed by atoms with E-state index in [0.717, 1.165) is 32.1 Å². The van der Waals surface area contributed by atoms with E-state index in [9.17, 15) is 8.42 Å². The number of hydrogen-bond donors (Lipinski definition) is 0. The van der Waals surface area contributed by atoms with Crippen molar-refractivity contribution in [2.24, 2.45) is 11.8 Å². The molecule has 0 aromatic heterocycles. The highest BCUT2D eigenvalue weighted by molar-refractivity contribution is 7.86. The first-order valence-corrected chi connectivity index (χ1v) is 10.7. The van der Waals surface area contributed by atoms with E-state index in [4.69, 9.17) is 0 Å². The molecular weight excluding hydrogens is 320 g/mol. The first kappa shape index (κ1) is 17.9. The largest absolute Gasteiger partial charge is 0.282 e. The lowest BCUT2D eigenvalue weighted by molar-refractivity contribution is 0.185. The van der Waals surface area contributed by atoms with E-state index in [2.05, 4.69) is 26.0 Å². The number of benzene rings is 1. The van der Waals surface area contributed by atoms with Gasteiger partial charge in [0.05, 0.1) is 0 Å². The predicted octanol–water partition coefficient (Wildman–Crippen LogP) is 3.31. The molecule has 2 aliphatic heterocycles. The third kappa shape index (κ3) is 4.01. The molecule has 3 rings (SSSR count). The molecule has 24 heavy (non-hydrogen) atoms. The van der Waals surface area contributed by atoms with Crippen LogP contribution in [0.4, 0.5) is 0 Å². The summed E-state index contributed by atoms with van der Waals surface area (Å²) in [6.07, 6.45) is 5.01. The Morgan fingerprint density at radius 3 is 2.38 bits per heavy atom. The SMILES string of the molecule is CC1CC(C)CN(S(=O)(=O)N2CCCCC2Cc2ccccc2)C1. The fourth-order valence-electron chi connectivity index (χ4n) is 4.31. The van der Waals surface area contributed by atoms with Gasteiger partial charge in [0.1, 0.15) is 0 Å². The maximum absolute atomic E-state index is 13.3. The van der Waals surface area contributed by atoms with Crippen molar-refractivity contribution in [3.8, 4) is 0 Å². The molecule has 5 heteroatoms. The van der Waals surface area contributed by atoms with Gasteiger partial charge in [0.25, 0.3) is 10.2 Å². The molecule has 0 bridgehead atoms. The molecular formula is C19H30N2O2S. The Balaban J connectivity index is 1.78. The minimum Gasteiger partial charge on any atom is -0.195 e. The topological polar surface area (TPSA) is 40.6 Å². The van der Waals surface area contributed by atoms with Crippen LogP contribution in [0.25, 0.3) is 0 Å². The Bertz CT molecular complexity index is 622. The first-order chi connectivity index (χ1) is 11.5. The highest BCUT2D eigenvalue weighted by atomic mass is 32.2. The summed E-state index contributed by atoms with van der Waals surface area (Å²) in [7, 11) is -3.35. The van der Waals surface area contributed by atoms with E-state index in [1.165, 1.54) is 5.56 Å². The van der Waals surface area contributed by atoms with Crippen LogP contribution in [0, 0.1) is 11.8 Å². The van der Waals surface area contributed by atoms with Gasteiger partial charge < -0.3 is 0 Å². The molecule has 2 aliphatic rings. The zero-order valence-electron chi connectivity index (χ0n) is 14.9. The van der Waals surface area contributed by atoms with Crippen LogP contribution in [0.2, 0.25) is 0 Å². The monoisotopic (exact) mass is 350 g/mol. The second-order valence-corrected chi connectivity index (χ2v) is 9.60. The molecule has 1 aromatic rings. The normalized spacial score (nSPS) is 30.3. The molecule has 134 valence electrons. The van der Waals surface area contributed by atoms with Crippen LogP contribution in [0.15, 0.2) is 30.3 Å². The molecule has 0 spiro atoms. The molecule has 0 radical (unpaired) electrons. The fourth-order valence-corrected chi connectivity index (χ4v) is 6.41. The van der Waals surface area contributed by atoms with Gasteiger partial charge in [0, 0.05) is 25.7 Å². The fraction of sp³-hybridized carbons (Fsp3) is 0.684. The van der Waals surface area contributed by atoms with E-state index < -0.39 is 10.2 Å². The molecule has 0 N–H and O–H groups in total. The summed E-state index contributed by atoms with van der Waals surface area (Å²) < 4.78 is 30.1. The Labute approximate surface area is 147 Å². The van der Waals surface area contributed by atoms with Crippen molar-refractivity contribution in [1.82, 2.24) is 8.61 Å². The Morgan fingerprint density at radius 1 is 1.04 bits per heavy atom. The third-order valence-electron chi connectivity index (χ3n) is 5.35. The first-order valence-electron chi connectivity index (χ1n) is 9.27. The molecule has 2 fully saturated rings. The summed E-state index contributed by atoms with van der Waals surface area (Å²) in [5.41, 5.74) is 1.23. The van der Waals surface area contributed by atoms with Crippen LogP contribution in [-0.4, -0.2) is 42.7 Å². The van der Waals surface area contributed by atoms with Gasteiger partial charge >= 0.3 is 0 Å². The second-order valence-electron chi connectivity index (χ2n) is 7.72. The zero-order chi connectivity index (χ0) is 17.2. The molecule has 3 atom stereocenters. The van der Waals surface area contributed by atoms with Crippen LogP contribution in [0.5, 0.6) is 0 Å². The molecule has 0 amide bonds. The average molecular weight is 351 g/mol. The van der Waals surface area contributed by atoms with Gasteiger partial charge in [0.2, 0.25) is 0 Å². The van der Waals surface area contributed by atoms with Crippen molar-refractivity contribution in [1.29, 1.82) is 0 Å². The van der Waals surface area contributed by atoms with Crippen LogP contribution < -0.4 is 0 Å². The smallest absolute Gasteiger partial charge is 0.195 e. The Morgan fingerprint density at radius 2 is 1.71 bits per heavy atom. The van der Waals surface area contributed by atoms with Crippen molar-refractivity contribution in [3.05, 3.63) is 35.9 Å². The molecule has 2 saturated heterocycles. The zero-order valence-corrected chi connectivity index (χ0v) is 15.7. The van der Waals surface area contributed by atoms with Gasteiger partial charge in [-0.05, 0) is 43.1 Å². The highest BCUT2D eigenvalue weighted by Crippen LogP contribution is 2.29. The van der Waals surface area contributed by atoms with E-state index in [0.29, 0.717) is 31.5 Å². The highest BCUT2D eigenvalue weighted by Gasteiger charge is 2.39. The Hall–Kier alpha value is -0.910. The standard InChI is InChI=1S/C19H30N2O2S/c1-16-12-17(2)15-20(14-16)24(22,23)21-11-7-6-10-19(21)13-18-8-4-3-5-9-18/h3-5,8-9,16-17,19H,6-7,10-15H2,1-2H3. The average Bonchev–Trinajstić information content (AvgIpc) is 2.55. The molecule has 3 unspecified atom stereocenters. The van der Waals surface area contributed by atoms with Crippen LogP contribution in [0.3, 0.4) is 0 Å². The molecule has 0 aliphatic carbocycles. The van der Waals surface area contributed by atoms with E-state index in [-0.39, 0.29) is 6.04 Å². The van der Waals surface area contributed by atoms with Gasteiger partial charge in [-0.1, -0.05) is 50.6 Å². The van der Waals surface area contributed by atoms with Crippen LogP contribution >= 0.6 is 0 Å². The van der Waals surface area contributed by atoms with E-state index in [1.54, 1.807) is 8.61 Å². The Kier molecular flexibility index (Phi) is 5.63. The lowest BCUT2D eigenvalue weighted by atomic mass is 9.94. The van der Waals surface area contributed by atoms with Gasteiger partial charge in [-0.2, -0.15) is 17.0 Å². The van der Waals surface area contributed by atoms with Gasteiger partial charge in [0.15, 0.2) is 0 Å². The number of nitrogens with zero attached hydrogens (tertiary/aromatic N) is 2. The summed E-state index contributed by atoms with van der Waals surface area (Å²) >= 11 is 0. The van der Waals surface area contributed by atoms with Crippen molar-refractivity contribution in [3.63, 3.8) is 0 Å². The maximum Gasteiger partial charge on any atom is 0.282 e. The lowest BCUT2D eigenvalue weighted by Gasteiger charge is -2.41. The lowest BCUT2D eigenvalue weighted by Crippen LogP contribution is -2.54. The number of rotatable bonds is 4. The van der Waals surface area contributed by atoms with Crippen molar-refractivity contribution >= 4 is 10.2 Å². The summed E-state index contributed by atoms with van der Waals surface area (Å²) in [5, 5.41) is 0. The van der Waals surface area contributed by atoms with Crippen molar-refractivity contribution < 1.29 is 8.42 Å². The molecule has 1 aromatic carbocycles. The summed E-state index contributed by atoms with van der Waals surface area (Å²) in [6.45, 7) is 6.33. The van der Waals surface area contributed by atoms with Crippen LogP contribution in [0.1, 0.15) is 45.1 Å². The van der Waals surface area contributed by atoms with Gasteiger partial charge in [-0.3, -0.25) is 0 Å².